The Morgan fingerprint density at radius 1 is 1.44 bits per heavy atom. The fourth-order valence-electron chi connectivity index (χ4n) is 3.75. The summed E-state index contributed by atoms with van der Waals surface area (Å²) in [4.78, 5) is 0. The first-order valence-corrected chi connectivity index (χ1v) is 6.84. The average molecular weight is 224 g/mol. The zero-order valence-electron chi connectivity index (χ0n) is 10.2. The second-order valence-electron chi connectivity index (χ2n) is 6.21. The first-order valence-electron chi connectivity index (χ1n) is 6.84. The fourth-order valence-corrected chi connectivity index (χ4v) is 3.75. The highest BCUT2D eigenvalue weighted by atomic mass is 16.5. The van der Waals surface area contributed by atoms with E-state index in [4.69, 9.17) is 10.6 Å². The quantitative estimate of drug-likeness (QED) is 0.568. The summed E-state index contributed by atoms with van der Waals surface area (Å²) >= 11 is 0. The maximum Gasteiger partial charge on any atom is 0.0685 e. The topological polar surface area (TPSA) is 47.3 Å². The van der Waals surface area contributed by atoms with Gasteiger partial charge in [0.15, 0.2) is 0 Å². The summed E-state index contributed by atoms with van der Waals surface area (Å²) < 4.78 is 5.98. The molecule has 3 aliphatic rings. The Morgan fingerprint density at radius 2 is 2.19 bits per heavy atom. The van der Waals surface area contributed by atoms with Gasteiger partial charge in [0.05, 0.1) is 5.60 Å². The largest absolute Gasteiger partial charge is 0.375 e. The summed E-state index contributed by atoms with van der Waals surface area (Å²) in [6, 6.07) is 0.538. The summed E-state index contributed by atoms with van der Waals surface area (Å²) in [7, 11) is 0. The lowest BCUT2D eigenvalue weighted by Crippen LogP contribution is -2.52. The van der Waals surface area contributed by atoms with Gasteiger partial charge < -0.3 is 4.74 Å². The van der Waals surface area contributed by atoms with Crippen LogP contribution in [0.25, 0.3) is 0 Å². The number of hydrazine groups is 1. The SMILES string of the molecule is CC1CC1C(NN)C1CCOC2(CCC2)C1. The van der Waals surface area contributed by atoms with Crippen molar-refractivity contribution in [2.45, 2.75) is 57.1 Å². The Balaban J connectivity index is 1.64. The van der Waals surface area contributed by atoms with E-state index < -0.39 is 0 Å². The lowest BCUT2D eigenvalue weighted by atomic mass is 9.70. The third-order valence-corrected chi connectivity index (χ3v) is 5.13. The van der Waals surface area contributed by atoms with Crippen LogP contribution in [0.3, 0.4) is 0 Å². The molecule has 4 unspecified atom stereocenters. The highest BCUT2D eigenvalue weighted by Crippen LogP contribution is 2.49. The van der Waals surface area contributed by atoms with Gasteiger partial charge in [0.1, 0.15) is 0 Å². The molecule has 2 aliphatic carbocycles. The van der Waals surface area contributed by atoms with Gasteiger partial charge in [0, 0.05) is 12.6 Å². The molecule has 1 spiro atoms. The number of hydrogen-bond acceptors (Lipinski definition) is 3. The standard InChI is InChI=1S/C13H24N2O/c1-9-7-11(9)12(15-14)10-3-6-16-13(8-10)4-2-5-13/h9-12,15H,2-8,14H2,1H3. The minimum Gasteiger partial charge on any atom is -0.375 e. The van der Waals surface area contributed by atoms with Crippen molar-refractivity contribution in [3.63, 3.8) is 0 Å². The van der Waals surface area contributed by atoms with Crippen molar-refractivity contribution >= 4 is 0 Å². The monoisotopic (exact) mass is 224 g/mol. The Bertz CT molecular complexity index is 265. The van der Waals surface area contributed by atoms with Crippen molar-refractivity contribution in [1.29, 1.82) is 0 Å². The van der Waals surface area contributed by atoms with Crippen LogP contribution in [-0.2, 0) is 4.74 Å². The van der Waals surface area contributed by atoms with E-state index in [1.54, 1.807) is 0 Å². The highest BCUT2D eigenvalue weighted by Gasteiger charge is 2.48. The molecular formula is C13H24N2O. The number of ether oxygens (including phenoxy) is 1. The van der Waals surface area contributed by atoms with Crippen LogP contribution < -0.4 is 11.3 Å². The van der Waals surface area contributed by atoms with Gasteiger partial charge in [-0.25, -0.2) is 0 Å². The highest BCUT2D eigenvalue weighted by molar-refractivity contribution is 5.01. The van der Waals surface area contributed by atoms with Crippen LogP contribution in [0.1, 0.15) is 45.4 Å². The molecular weight excluding hydrogens is 200 g/mol. The minimum absolute atomic E-state index is 0.260. The molecule has 2 saturated carbocycles. The molecule has 92 valence electrons. The summed E-state index contributed by atoms with van der Waals surface area (Å²) in [5.74, 6) is 8.21. The smallest absolute Gasteiger partial charge is 0.0685 e. The normalized spacial score (nSPS) is 42.8. The zero-order valence-corrected chi connectivity index (χ0v) is 10.2. The molecule has 0 aromatic carbocycles. The Hall–Kier alpha value is -0.120. The van der Waals surface area contributed by atoms with Crippen LogP contribution in [0.2, 0.25) is 0 Å². The van der Waals surface area contributed by atoms with Gasteiger partial charge in [-0.05, 0) is 56.3 Å². The van der Waals surface area contributed by atoms with E-state index >= 15 is 0 Å². The Morgan fingerprint density at radius 3 is 2.69 bits per heavy atom. The van der Waals surface area contributed by atoms with Crippen molar-refractivity contribution in [2.75, 3.05) is 6.61 Å². The van der Waals surface area contributed by atoms with Gasteiger partial charge in [-0.1, -0.05) is 6.92 Å². The number of nitrogens with two attached hydrogens (primary N) is 1. The van der Waals surface area contributed by atoms with Gasteiger partial charge in [-0.2, -0.15) is 0 Å². The molecule has 3 rings (SSSR count). The number of rotatable bonds is 3. The van der Waals surface area contributed by atoms with Gasteiger partial charge in [-0.15, -0.1) is 0 Å². The minimum atomic E-state index is 0.260. The second-order valence-corrected chi connectivity index (χ2v) is 6.21. The molecule has 3 N–H and O–H groups in total. The molecule has 3 heteroatoms. The lowest BCUT2D eigenvalue weighted by Gasteiger charge is -2.48. The summed E-state index contributed by atoms with van der Waals surface area (Å²) in [6.45, 7) is 3.29. The number of hydrogen-bond donors (Lipinski definition) is 2. The second kappa shape index (κ2) is 3.97. The van der Waals surface area contributed by atoms with Gasteiger partial charge in [0.2, 0.25) is 0 Å². The van der Waals surface area contributed by atoms with Crippen LogP contribution in [0.4, 0.5) is 0 Å². The molecule has 1 aliphatic heterocycles. The van der Waals surface area contributed by atoms with E-state index in [9.17, 15) is 0 Å². The average Bonchev–Trinajstić information content (AvgIpc) is 2.95. The summed E-state index contributed by atoms with van der Waals surface area (Å²) in [5, 5.41) is 0. The van der Waals surface area contributed by atoms with Crippen molar-refractivity contribution < 1.29 is 4.74 Å². The predicted molar refractivity (Wildman–Crippen MR) is 63.6 cm³/mol. The van der Waals surface area contributed by atoms with Crippen molar-refractivity contribution in [2.24, 2.45) is 23.6 Å². The van der Waals surface area contributed by atoms with E-state index in [0.29, 0.717) is 6.04 Å². The van der Waals surface area contributed by atoms with Crippen molar-refractivity contribution in [3.05, 3.63) is 0 Å². The molecule has 4 atom stereocenters. The van der Waals surface area contributed by atoms with Crippen molar-refractivity contribution in [1.82, 2.24) is 5.43 Å². The molecule has 0 amide bonds. The van der Waals surface area contributed by atoms with Crippen LogP contribution in [0, 0.1) is 17.8 Å². The third kappa shape index (κ3) is 1.79. The maximum atomic E-state index is 5.98. The number of nitrogens with one attached hydrogen (secondary N) is 1. The molecule has 0 aromatic rings. The summed E-state index contributed by atoms with van der Waals surface area (Å²) in [5.41, 5.74) is 3.35. The Labute approximate surface area is 98.1 Å². The molecule has 1 saturated heterocycles. The van der Waals surface area contributed by atoms with E-state index in [2.05, 4.69) is 12.3 Å². The van der Waals surface area contributed by atoms with Crippen LogP contribution in [0.15, 0.2) is 0 Å². The molecule has 1 heterocycles. The summed E-state index contributed by atoms with van der Waals surface area (Å²) in [6.07, 6.45) is 7.71. The zero-order chi connectivity index (χ0) is 11.2. The van der Waals surface area contributed by atoms with E-state index in [0.717, 1.165) is 24.4 Å². The first-order chi connectivity index (χ1) is 7.74. The van der Waals surface area contributed by atoms with Crippen LogP contribution in [-0.4, -0.2) is 18.2 Å². The van der Waals surface area contributed by atoms with Crippen LogP contribution in [0.5, 0.6) is 0 Å². The fraction of sp³-hybridized carbons (Fsp3) is 1.00. The predicted octanol–water partition coefficient (Wildman–Crippen LogP) is 1.82. The molecule has 0 radical (unpaired) electrons. The first kappa shape index (κ1) is 11.0. The molecule has 0 aromatic heterocycles. The lowest BCUT2D eigenvalue weighted by molar-refractivity contribution is -0.148. The molecule has 16 heavy (non-hydrogen) atoms. The van der Waals surface area contributed by atoms with Crippen LogP contribution >= 0.6 is 0 Å². The maximum absolute atomic E-state index is 5.98. The van der Waals surface area contributed by atoms with Gasteiger partial charge >= 0.3 is 0 Å². The van der Waals surface area contributed by atoms with E-state index in [1.807, 2.05) is 0 Å². The van der Waals surface area contributed by atoms with Gasteiger partial charge in [0.25, 0.3) is 0 Å². The molecule has 0 bridgehead atoms. The van der Waals surface area contributed by atoms with Gasteiger partial charge in [-0.3, -0.25) is 11.3 Å². The van der Waals surface area contributed by atoms with E-state index in [1.165, 1.54) is 38.5 Å². The Kier molecular flexibility index (Phi) is 2.73. The molecule has 3 nitrogen and oxygen atoms in total. The molecule has 3 fully saturated rings. The third-order valence-electron chi connectivity index (χ3n) is 5.13. The van der Waals surface area contributed by atoms with Crippen molar-refractivity contribution in [3.8, 4) is 0 Å². The van der Waals surface area contributed by atoms with E-state index in [-0.39, 0.29) is 5.60 Å².